The third-order valence-electron chi connectivity index (χ3n) is 1.31. The summed E-state index contributed by atoms with van der Waals surface area (Å²) in [4.78, 5) is 0. The molecule has 0 unspecified atom stereocenters. The summed E-state index contributed by atoms with van der Waals surface area (Å²) in [5.74, 6) is 1.03. The van der Waals surface area contributed by atoms with Crippen LogP contribution in [0.1, 0.15) is 5.89 Å². The van der Waals surface area contributed by atoms with E-state index in [0.717, 1.165) is 0 Å². The SMILES string of the molecule is ClCc1nnc(-c2ccn[nH]2)o1. The van der Waals surface area contributed by atoms with Crippen LogP contribution in [0.2, 0.25) is 0 Å². The Bertz CT molecular complexity index is 355. The van der Waals surface area contributed by atoms with E-state index in [2.05, 4.69) is 20.4 Å². The number of halogens is 1. The molecule has 0 aliphatic carbocycles. The van der Waals surface area contributed by atoms with Crippen LogP contribution < -0.4 is 0 Å². The fourth-order valence-corrected chi connectivity index (χ4v) is 0.899. The summed E-state index contributed by atoms with van der Waals surface area (Å²) >= 11 is 5.48. The predicted molar refractivity (Wildman–Crippen MR) is 41.4 cm³/mol. The molecule has 12 heavy (non-hydrogen) atoms. The zero-order chi connectivity index (χ0) is 8.39. The van der Waals surface area contributed by atoms with Gasteiger partial charge in [0.15, 0.2) is 0 Å². The Morgan fingerprint density at radius 2 is 2.42 bits per heavy atom. The normalized spacial score (nSPS) is 10.4. The second-order valence-corrected chi connectivity index (χ2v) is 2.37. The van der Waals surface area contributed by atoms with Gasteiger partial charge in [-0.15, -0.1) is 21.8 Å². The Labute approximate surface area is 72.8 Å². The van der Waals surface area contributed by atoms with E-state index < -0.39 is 0 Å². The third kappa shape index (κ3) is 1.18. The molecule has 0 aromatic carbocycles. The number of hydrogen-bond acceptors (Lipinski definition) is 4. The molecule has 0 aliphatic rings. The number of hydrogen-bond donors (Lipinski definition) is 1. The smallest absolute Gasteiger partial charge is 0.265 e. The lowest BCUT2D eigenvalue weighted by Crippen LogP contribution is -1.76. The molecule has 62 valence electrons. The van der Waals surface area contributed by atoms with E-state index in [1.54, 1.807) is 12.3 Å². The van der Waals surface area contributed by atoms with Crippen LogP contribution in [-0.2, 0) is 5.88 Å². The van der Waals surface area contributed by atoms with Crippen molar-refractivity contribution in [1.29, 1.82) is 0 Å². The van der Waals surface area contributed by atoms with E-state index >= 15 is 0 Å². The Balaban J connectivity index is 2.35. The first-order valence-electron chi connectivity index (χ1n) is 3.28. The molecule has 0 aliphatic heterocycles. The minimum Gasteiger partial charge on any atom is -0.418 e. The van der Waals surface area contributed by atoms with Crippen LogP contribution in [0.15, 0.2) is 16.7 Å². The van der Waals surface area contributed by atoms with Gasteiger partial charge in [-0.2, -0.15) is 5.10 Å². The molecule has 2 rings (SSSR count). The van der Waals surface area contributed by atoms with E-state index in [-0.39, 0.29) is 5.88 Å². The van der Waals surface area contributed by atoms with Gasteiger partial charge in [0.05, 0.1) is 0 Å². The number of aromatic nitrogens is 4. The van der Waals surface area contributed by atoms with Gasteiger partial charge in [-0.3, -0.25) is 5.10 Å². The van der Waals surface area contributed by atoms with Gasteiger partial charge in [0, 0.05) is 6.20 Å². The van der Waals surface area contributed by atoms with Crippen LogP contribution in [0.25, 0.3) is 11.6 Å². The maximum absolute atomic E-state index is 5.48. The maximum atomic E-state index is 5.48. The zero-order valence-corrected chi connectivity index (χ0v) is 6.75. The quantitative estimate of drug-likeness (QED) is 0.713. The number of H-pyrrole nitrogens is 1. The minimum absolute atomic E-state index is 0.223. The molecule has 0 fully saturated rings. The molecule has 2 heterocycles. The van der Waals surface area contributed by atoms with Crippen molar-refractivity contribution in [2.45, 2.75) is 5.88 Å². The summed E-state index contributed by atoms with van der Waals surface area (Å²) in [6.07, 6.45) is 1.61. The molecule has 6 heteroatoms. The molecule has 0 spiro atoms. The summed E-state index contributed by atoms with van der Waals surface area (Å²) < 4.78 is 5.15. The van der Waals surface area contributed by atoms with Gasteiger partial charge < -0.3 is 4.42 Å². The molecule has 2 aromatic rings. The Kier molecular flexibility index (Phi) is 1.79. The number of nitrogens with one attached hydrogen (secondary N) is 1. The van der Waals surface area contributed by atoms with Gasteiger partial charge >= 0.3 is 0 Å². The van der Waals surface area contributed by atoms with E-state index in [4.69, 9.17) is 16.0 Å². The van der Waals surface area contributed by atoms with Crippen LogP contribution in [0.5, 0.6) is 0 Å². The van der Waals surface area contributed by atoms with Crippen molar-refractivity contribution in [3.05, 3.63) is 18.2 Å². The highest BCUT2D eigenvalue weighted by Gasteiger charge is 2.07. The largest absolute Gasteiger partial charge is 0.418 e. The molecule has 1 N–H and O–H groups in total. The molecule has 0 atom stereocenters. The Morgan fingerprint density at radius 1 is 1.50 bits per heavy atom. The Hall–Kier alpha value is -1.36. The van der Waals surface area contributed by atoms with Crippen molar-refractivity contribution >= 4 is 11.6 Å². The van der Waals surface area contributed by atoms with Crippen LogP contribution >= 0.6 is 11.6 Å². The van der Waals surface area contributed by atoms with E-state index in [0.29, 0.717) is 17.5 Å². The van der Waals surface area contributed by atoms with Crippen LogP contribution in [0.4, 0.5) is 0 Å². The molecule has 0 saturated heterocycles. The molecular formula is C6H5ClN4O. The fraction of sp³-hybridized carbons (Fsp3) is 0.167. The van der Waals surface area contributed by atoms with Crippen molar-refractivity contribution in [3.8, 4) is 11.6 Å². The highest BCUT2D eigenvalue weighted by Crippen LogP contribution is 2.14. The van der Waals surface area contributed by atoms with Gasteiger partial charge in [0.25, 0.3) is 5.89 Å². The number of rotatable bonds is 2. The lowest BCUT2D eigenvalue weighted by Gasteiger charge is -1.84. The van der Waals surface area contributed by atoms with Gasteiger partial charge in [0.2, 0.25) is 5.89 Å². The first-order valence-corrected chi connectivity index (χ1v) is 3.81. The average molecular weight is 185 g/mol. The third-order valence-corrected chi connectivity index (χ3v) is 1.54. The van der Waals surface area contributed by atoms with Crippen molar-refractivity contribution < 1.29 is 4.42 Å². The second-order valence-electron chi connectivity index (χ2n) is 2.10. The predicted octanol–water partition coefficient (Wildman–Crippen LogP) is 1.20. The maximum Gasteiger partial charge on any atom is 0.265 e. The van der Waals surface area contributed by atoms with Crippen LogP contribution in [0.3, 0.4) is 0 Å². The van der Waals surface area contributed by atoms with E-state index in [9.17, 15) is 0 Å². The van der Waals surface area contributed by atoms with Gasteiger partial charge in [-0.1, -0.05) is 0 Å². The van der Waals surface area contributed by atoms with Crippen LogP contribution in [-0.4, -0.2) is 20.4 Å². The number of nitrogens with zero attached hydrogens (tertiary/aromatic N) is 3. The van der Waals surface area contributed by atoms with Gasteiger partial charge in [0.1, 0.15) is 11.6 Å². The highest BCUT2D eigenvalue weighted by molar-refractivity contribution is 6.16. The first-order chi connectivity index (χ1) is 5.90. The van der Waals surface area contributed by atoms with E-state index in [1.165, 1.54) is 0 Å². The topological polar surface area (TPSA) is 67.6 Å². The van der Waals surface area contributed by atoms with Crippen molar-refractivity contribution in [2.24, 2.45) is 0 Å². The summed E-state index contributed by atoms with van der Waals surface area (Å²) in [6, 6.07) is 1.74. The molecule has 5 nitrogen and oxygen atoms in total. The Morgan fingerprint density at radius 3 is 3.00 bits per heavy atom. The lowest BCUT2D eigenvalue weighted by atomic mass is 10.4. The first kappa shape index (κ1) is 7.30. The van der Waals surface area contributed by atoms with Gasteiger partial charge in [-0.25, -0.2) is 0 Å². The van der Waals surface area contributed by atoms with Crippen molar-refractivity contribution in [2.75, 3.05) is 0 Å². The number of alkyl halides is 1. The highest BCUT2D eigenvalue weighted by atomic mass is 35.5. The summed E-state index contributed by atoms with van der Waals surface area (Å²) in [6.45, 7) is 0. The van der Waals surface area contributed by atoms with Crippen molar-refractivity contribution in [1.82, 2.24) is 20.4 Å². The zero-order valence-electron chi connectivity index (χ0n) is 5.99. The molecule has 2 aromatic heterocycles. The molecular weight excluding hydrogens is 180 g/mol. The second kappa shape index (κ2) is 2.94. The average Bonchev–Trinajstić information content (AvgIpc) is 2.75. The molecule has 0 radical (unpaired) electrons. The number of aromatic amines is 1. The molecule has 0 bridgehead atoms. The van der Waals surface area contributed by atoms with Crippen LogP contribution in [0, 0.1) is 0 Å². The summed E-state index contributed by atoms with van der Waals surface area (Å²) in [5.41, 5.74) is 0.693. The fourth-order valence-electron chi connectivity index (χ4n) is 0.791. The van der Waals surface area contributed by atoms with E-state index in [1.807, 2.05) is 0 Å². The monoisotopic (exact) mass is 184 g/mol. The minimum atomic E-state index is 0.223. The van der Waals surface area contributed by atoms with Gasteiger partial charge in [-0.05, 0) is 6.07 Å². The summed E-state index contributed by atoms with van der Waals surface area (Å²) in [7, 11) is 0. The molecule has 0 saturated carbocycles. The molecule has 0 amide bonds. The summed E-state index contributed by atoms with van der Waals surface area (Å²) in [5, 5.41) is 13.9. The lowest BCUT2D eigenvalue weighted by molar-refractivity contribution is 0.525. The van der Waals surface area contributed by atoms with Crippen molar-refractivity contribution in [3.63, 3.8) is 0 Å². The standard InChI is InChI=1S/C6H5ClN4O/c7-3-5-10-11-6(12-5)4-1-2-8-9-4/h1-2H,3H2,(H,8,9).